The second-order valence-electron chi connectivity index (χ2n) is 6.44. The van der Waals surface area contributed by atoms with Gasteiger partial charge in [0.25, 0.3) is 0 Å². The number of anilines is 1. The number of pyridine rings is 1. The second-order valence-corrected chi connectivity index (χ2v) is 6.44. The molecule has 114 valence electrons. The number of hydrogen-bond acceptors (Lipinski definition) is 4. The van der Waals surface area contributed by atoms with Gasteiger partial charge in [0.2, 0.25) is 5.95 Å². The Morgan fingerprint density at radius 2 is 2.24 bits per heavy atom. The molecule has 0 bridgehead atoms. The molecule has 1 atom stereocenters. The standard InChI is InChI=1S/C16H25N5/c1-12(2)17-9-14-5-4-8-20(11-14)16-18-15-7-6-13(3)10-21(15)19-16/h6-7,10,12,14,17H,4-5,8-9,11H2,1-3H3. The molecule has 0 aromatic carbocycles. The van der Waals surface area contributed by atoms with Crippen molar-refractivity contribution in [1.82, 2.24) is 19.9 Å². The fraction of sp³-hybridized carbons (Fsp3) is 0.625. The van der Waals surface area contributed by atoms with Crippen LogP contribution in [-0.2, 0) is 0 Å². The molecule has 0 radical (unpaired) electrons. The molecule has 2 aromatic heterocycles. The first kappa shape index (κ1) is 14.3. The normalized spacial score (nSPS) is 19.6. The fourth-order valence-corrected chi connectivity index (χ4v) is 2.92. The van der Waals surface area contributed by atoms with E-state index >= 15 is 0 Å². The van der Waals surface area contributed by atoms with Crippen LogP contribution in [0.5, 0.6) is 0 Å². The summed E-state index contributed by atoms with van der Waals surface area (Å²) in [5.41, 5.74) is 2.13. The molecule has 2 aromatic rings. The highest BCUT2D eigenvalue weighted by atomic mass is 15.4. The zero-order valence-corrected chi connectivity index (χ0v) is 13.2. The molecule has 0 aliphatic carbocycles. The number of fused-ring (bicyclic) bond motifs is 1. The van der Waals surface area contributed by atoms with Crippen molar-refractivity contribution in [1.29, 1.82) is 0 Å². The van der Waals surface area contributed by atoms with Crippen LogP contribution in [0.25, 0.3) is 5.65 Å². The molecule has 21 heavy (non-hydrogen) atoms. The first-order valence-electron chi connectivity index (χ1n) is 7.93. The van der Waals surface area contributed by atoms with Crippen molar-refractivity contribution in [3.05, 3.63) is 23.9 Å². The van der Waals surface area contributed by atoms with E-state index in [-0.39, 0.29) is 0 Å². The number of piperidine rings is 1. The van der Waals surface area contributed by atoms with Gasteiger partial charge in [-0.05, 0) is 43.9 Å². The fourth-order valence-electron chi connectivity index (χ4n) is 2.92. The lowest BCUT2D eigenvalue weighted by Crippen LogP contribution is -2.41. The molecule has 1 aliphatic heterocycles. The maximum absolute atomic E-state index is 4.66. The molecule has 1 unspecified atom stereocenters. The van der Waals surface area contributed by atoms with Crippen molar-refractivity contribution in [2.75, 3.05) is 24.5 Å². The first-order valence-corrected chi connectivity index (χ1v) is 7.93. The number of aromatic nitrogens is 3. The highest BCUT2D eigenvalue weighted by Gasteiger charge is 2.22. The van der Waals surface area contributed by atoms with Gasteiger partial charge in [-0.15, -0.1) is 5.10 Å². The van der Waals surface area contributed by atoms with Gasteiger partial charge >= 0.3 is 0 Å². The molecule has 1 saturated heterocycles. The highest BCUT2D eigenvalue weighted by molar-refractivity contribution is 5.45. The smallest absolute Gasteiger partial charge is 0.245 e. The van der Waals surface area contributed by atoms with Gasteiger partial charge in [0.05, 0.1) is 0 Å². The van der Waals surface area contributed by atoms with E-state index in [1.807, 2.05) is 16.8 Å². The minimum absolute atomic E-state index is 0.552. The Morgan fingerprint density at radius 3 is 3.05 bits per heavy atom. The van der Waals surface area contributed by atoms with E-state index in [2.05, 4.69) is 47.1 Å². The van der Waals surface area contributed by atoms with E-state index in [4.69, 9.17) is 0 Å². The second kappa shape index (κ2) is 6.02. The average molecular weight is 287 g/mol. The molecule has 1 aliphatic rings. The summed E-state index contributed by atoms with van der Waals surface area (Å²) in [6.45, 7) is 9.68. The van der Waals surface area contributed by atoms with Gasteiger partial charge < -0.3 is 10.2 Å². The molecule has 5 nitrogen and oxygen atoms in total. The van der Waals surface area contributed by atoms with E-state index in [0.717, 1.165) is 31.2 Å². The molecule has 3 heterocycles. The van der Waals surface area contributed by atoms with Crippen LogP contribution in [0.1, 0.15) is 32.3 Å². The Morgan fingerprint density at radius 1 is 1.38 bits per heavy atom. The van der Waals surface area contributed by atoms with E-state index in [1.54, 1.807) is 0 Å². The minimum Gasteiger partial charge on any atom is -0.339 e. The van der Waals surface area contributed by atoms with Gasteiger partial charge in [0.15, 0.2) is 5.65 Å². The number of rotatable bonds is 4. The van der Waals surface area contributed by atoms with Crippen LogP contribution in [0.15, 0.2) is 18.3 Å². The van der Waals surface area contributed by atoms with Crippen molar-refractivity contribution in [3.8, 4) is 0 Å². The van der Waals surface area contributed by atoms with Gasteiger partial charge in [-0.3, -0.25) is 0 Å². The Balaban J connectivity index is 1.72. The zero-order chi connectivity index (χ0) is 14.8. The number of nitrogens with one attached hydrogen (secondary N) is 1. The summed E-state index contributed by atoms with van der Waals surface area (Å²) < 4.78 is 1.89. The van der Waals surface area contributed by atoms with Crippen LogP contribution in [0.2, 0.25) is 0 Å². The lowest BCUT2D eigenvalue weighted by Gasteiger charge is -2.32. The van der Waals surface area contributed by atoms with Crippen LogP contribution in [-0.4, -0.2) is 40.3 Å². The minimum atomic E-state index is 0.552. The summed E-state index contributed by atoms with van der Waals surface area (Å²) >= 11 is 0. The SMILES string of the molecule is Cc1ccc2nc(N3CCCC(CNC(C)C)C3)nn2c1. The Kier molecular flexibility index (Phi) is 4.10. The molecule has 1 N–H and O–H groups in total. The van der Waals surface area contributed by atoms with E-state index in [1.165, 1.54) is 18.4 Å². The van der Waals surface area contributed by atoms with Crippen LogP contribution in [0, 0.1) is 12.8 Å². The van der Waals surface area contributed by atoms with E-state index in [0.29, 0.717) is 12.0 Å². The van der Waals surface area contributed by atoms with E-state index < -0.39 is 0 Å². The Hall–Kier alpha value is -1.62. The van der Waals surface area contributed by atoms with Crippen LogP contribution in [0.4, 0.5) is 5.95 Å². The number of aryl methyl sites for hydroxylation is 1. The average Bonchev–Trinajstić information content (AvgIpc) is 2.88. The largest absolute Gasteiger partial charge is 0.339 e. The van der Waals surface area contributed by atoms with Gasteiger partial charge in [-0.2, -0.15) is 4.98 Å². The van der Waals surface area contributed by atoms with Crippen molar-refractivity contribution < 1.29 is 0 Å². The van der Waals surface area contributed by atoms with Gasteiger partial charge in [0.1, 0.15) is 0 Å². The first-order chi connectivity index (χ1) is 10.1. The summed E-state index contributed by atoms with van der Waals surface area (Å²) in [6.07, 6.45) is 4.55. The van der Waals surface area contributed by atoms with Crippen LogP contribution in [0.3, 0.4) is 0 Å². The lowest BCUT2D eigenvalue weighted by molar-refractivity contribution is 0.377. The quantitative estimate of drug-likeness (QED) is 0.937. The topological polar surface area (TPSA) is 45.5 Å². The molecule has 0 saturated carbocycles. The number of hydrogen-bond donors (Lipinski definition) is 1. The monoisotopic (exact) mass is 287 g/mol. The summed E-state index contributed by atoms with van der Waals surface area (Å²) in [4.78, 5) is 7.00. The zero-order valence-electron chi connectivity index (χ0n) is 13.2. The Labute approximate surface area is 126 Å². The summed E-state index contributed by atoms with van der Waals surface area (Å²) in [6, 6.07) is 4.67. The molecular weight excluding hydrogens is 262 g/mol. The molecule has 5 heteroatoms. The van der Waals surface area contributed by atoms with Crippen LogP contribution >= 0.6 is 0 Å². The third kappa shape index (κ3) is 3.35. The van der Waals surface area contributed by atoms with Gasteiger partial charge in [-0.25, -0.2) is 4.52 Å². The van der Waals surface area contributed by atoms with E-state index in [9.17, 15) is 0 Å². The predicted molar refractivity (Wildman–Crippen MR) is 85.8 cm³/mol. The molecule has 0 spiro atoms. The third-order valence-electron chi connectivity index (χ3n) is 4.08. The summed E-state index contributed by atoms with van der Waals surface area (Å²) in [5, 5.41) is 8.19. The summed E-state index contributed by atoms with van der Waals surface area (Å²) in [7, 11) is 0. The van der Waals surface area contributed by atoms with Crippen molar-refractivity contribution in [3.63, 3.8) is 0 Å². The van der Waals surface area contributed by atoms with Crippen molar-refractivity contribution in [2.45, 2.75) is 39.7 Å². The highest BCUT2D eigenvalue weighted by Crippen LogP contribution is 2.21. The number of nitrogens with zero attached hydrogens (tertiary/aromatic N) is 4. The maximum atomic E-state index is 4.66. The third-order valence-corrected chi connectivity index (χ3v) is 4.08. The molecule has 3 rings (SSSR count). The van der Waals surface area contributed by atoms with Crippen molar-refractivity contribution in [2.24, 2.45) is 5.92 Å². The van der Waals surface area contributed by atoms with Gasteiger partial charge in [0, 0.05) is 25.3 Å². The van der Waals surface area contributed by atoms with Crippen molar-refractivity contribution >= 4 is 11.6 Å². The Bertz CT molecular complexity index is 604. The summed E-state index contributed by atoms with van der Waals surface area (Å²) in [5.74, 6) is 1.56. The predicted octanol–water partition coefficient (Wildman–Crippen LogP) is 2.25. The molecule has 0 amide bonds. The molecular formula is C16H25N5. The lowest BCUT2D eigenvalue weighted by atomic mass is 9.98. The molecule has 1 fully saturated rings. The maximum Gasteiger partial charge on any atom is 0.245 e. The van der Waals surface area contributed by atoms with Gasteiger partial charge in [-0.1, -0.05) is 19.9 Å². The van der Waals surface area contributed by atoms with Crippen LogP contribution < -0.4 is 10.2 Å².